The second-order valence-electron chi connectivity index (χ2n) is 2.39. The van der Waals surface area contributed by atoms with Crippen LogP contribution in [0.25, 0.3) is 0 Å². The fourth-order valence-electron chi connectivity index (χ4n) is 0.919. The molecule has 0 unspecified atom stereocenters. The van der Waals surface area contributed by atoms with Gasteiger partial charge < -0.3 is 10.0 Å². The molecule has 1 aromatic carbocycles. The zero-order chi connectivity index (χ0) is 10.0. The molecule has 0 atom stereocenters. The zero-order valence-electron chi connectivity index (χ0n) is 6.37. The molecule has 0 aromatic heterocycles. The van der Waals surface area contributed by atoms with Gasteiger partial charge in [0, 0.05) is 21.1 Å². The van der Waals surface area contributed by atoms with E-state index in [1.807, 2.05) is 0 Å². The number of aldehydes is 1. The minimum Gasteiger partial charge on any atom is -0.423 e. The molecule has 3 nitrogen and oxygen atoms in total. The summed E-state index contributed by atoms with van der Waals surface area (Å²) in [5, 5.41) is 17.8. The van der Waals surface area contributed by atoms with Crippen LogP contribution in [0.2, 0.25) is 10.0 Å². The van der Waals surface area contributed by atoms with Crippen LogP contribution in [0.4, 0.5) is 0 Å². The first-order valence-electron chi connectivity index (χ1n) is 3.36. The van der Waals surface area contributed by atoms with Crippen molar-refractivity contribution in [2.45, 2.75) is 0 Å². The molecule has 0 bridgehead atoms. The van der Waals surface area contributed by atoms with Crippen molar-refractivity contribution in [2.24, 2.45) is 0 Å². The van der Waals surface area contributed by atoms with E-state index in [4.69, 9.17) is 33.2 Å². The molecule has 2 N–H and O–H groups in total. The van der Waals surface area contributed by atoms with Crippen molar-refractivity contribution in [3.8, 4) is 0 Å². The summed E-state index contributed by atoms with van der Waals surface area (Å²) in [5.74, 6) is 0. The summed E-state index contributed by atoms with van der Waals surface area (Å²) in [6.45, 7) is 0. The summed E-state index contributed by atoms with van der Waals surface area (Å²) in [7, 11) is -1.74. The van der Waals surface area contributed by atoms with Gasteiger partial charge in [0.05, 0.1) is 0 Å². The molecule has 0 amide bonds. The summed E-state index contributed by atoms with van der Waals surface area (Å²) in [6.07, 6.45) is 0.575. The van der Waals surface area contributed by atoms with Crippen molar-refractivity contribution in [2.75, 3.05) is 0 Å². The molecule has 68 valence electrons. The maximum absolute atomic E-state index is 10.3. The molecule has 0 heterocycles. The van der Waals surface area contributed by atoms with Crippen LogP contribution >= 0.6 is 23.2 Å². The maximum Gasteiger partial charge on any atom is 0.491 e. The Morgan fingerprint density at radius 3 is 2.00 bits per heavy atom. The summed E-state index contributed by atoms with van der Waals surface area (Å²) in [5.41, 5.74) is 0.299. The predicted molar refractivity (Wildman–Crippen MR) is 51.7 cm³/mol. The standard InChI is InChI=1S/C7H5BCl2O3/c9-5-1-4(3-11)2-6(10)7(5)8(12)13/h1-3,12-13H. The van der Waals surface area contributed by atoms with Crippen molar-refractivity contribution in [3.05, 3.63) is 27.7 Å². The van der Waals surface area contributed by atoms with Crippen LogP contribution in [-0.4, -0.2) is 23.5 Å². The first-order chi connectivity index (χ1) is 6.06. The number of halogens is 2. The molecule has 0 spiro atoms. The molecular formula is C7H5BCl2O3. The highest BCUT2D eigenvalue weighted by molar-refractivity contribution is 6.66. The summed E-state index contributed by atoms with van der Waals surface area (Å²) in [4.78, 5) is 10.3. The lowest BCUT2D eigenvalue weighted by Crippen LogP contribution is -2.32. The van der Waals surface area contributed by atoms with Crippen LogP contribution in [-0.2, 0) is 0 Å². The lowest BCUT2D eigenvalue weighted by atomic mass is 9.80. The second kappa shape index (κ2) is 4.11. The quantitative estimate of drug-likeness (QED) is 0.561. The Morgan fingerprint density at radius 2 is 1.69 bits per heavy atom. The fraction of sp³-hybridized carbons (Fsp3) is 0. The van der Waals surface area contributed by atoms with Crippen LogP contribution < -0.4 is 5.46 Å². The SMILES string of the molecule is O=Cc1cc(Cl)c(B(O)O)c(Cl)c1. The predicted octanol–water partition coefficient (Wildman–Crippen LogP) is 0.486. The number of hydrogen-bond acceptors (Lipinski definition) is 3. The normalized spacial score (nSPS) is 9.85. The van der Waals surface area contributed by atoms with Gasteiger partial charge in [0.15, 0.2) is 0 Å². The van der Waals surface area contributed by atoms with Crippen LogP contribution in [0.1, 0.15) is 10.4 Å². The largest absolute Gasteiger partial charge is 0.491 e. The Balaban J connectivity index is 3.31. The molecule has 1 aromatic rings. The van der Waals surface area contributed by atoms with Gasteiger partial charge in [-0.1, -0.05) is 23.2 Å². The van der Waals surface area contributed by atoms with Gasteiger partial charge in [-0.15, -0.1) is 0 Å². The molecule has 0 aliphatic heterocycles. The molecule has 1 rings (SSSR count). The Bertz CT molecular complexity index is 318. The smallest absolute Gasteiger partial charge is 0.423 e. The number of rotatable bonds is 2. The molecule has 13 heavy (non-hydrogen) atoms. The van der Waals surface area contributed by atoms with E-state index >= 15 is 0 Å². The van der Waals surface area contributed by atoms with Gasteiger partial charge in [0.25, 0.3) is 0 Å². The average molecular weight is 219 g/mol. The van der Waals surface area contributed by atoms with Gasteiger partial charge in [-0.2, -0.15) is 0 Å². The Morgan fingerprint density at radius 1 is 1.23 bits per heavy atom. The van der Waals surface area contributed by atoms with E-state index in [1.54, 1.807) is 0 Å². The zero-order valence-corrected chi connectivity index (χ0v) is 7.88. The van der Waals surface area contributed by atoms with Crippen molar-refractivity contribution in [3.63, 3.8) is 0 Å². The van der Waals surface area contributed by atoms with Crippen molar-refractivity contribution < 1.29 is 14.8 Å². The third kappa shape index (κ3) is 2.22. The van der Waals surface area contributed by atoms with Crippen LogP contribution in [0, 0.1) is 0 Å². The minimum atomic E-state index is -1.74. The first kappa shape index (κ1) is 10.5. The van der Waals surface area contributed by atoms with Gasteiger partial charge >= 0.3 is 7.12 Å². The Hall–Kier alpha value is -0.545. The minimum absolute atomic E-state index is 0.00827. The first-order valence-corrected chi connectivity index (χ1v) is 4.12. The van der Waals surface area contributed by atoms with E-state index in [1.165, 1.54) is 12.1 Å². The van der Waals surface area contributed by atoms with Crippen molar-refractivity contribution >= 4 is 42.1 Å². The lowest BCUT2D eigenvalue weighted by Gasteiger charge is -2.05. The summed E-state index contributed by atoms with van der Waals surface area (Å²) >= 11 is 11.3. The fourth-order valence-corrected chi connectivity index (χ4v) is 1.62. The third-order valence-corrected chi connectivity index (χ3v) is 2.12. The molecule has 0 saturated carbocycles. The highest BCUT2D eigenvalue weighted by Gasteiger charge is 2.19. The van der Waals surface area contributed by atoms with E-state index in [9.17, 15) is 4.79 Å². The number of carbonyl (C=O) groups excluding carboxylic acids is 1. The molecule has 0 aliphatic carbocycles. The van der Waals surface area contributed by atoms with Gasteiger partial charge in [0.1, 0.15) is 6.29 Å². The molecule has 0 radical (unpaired) electrons. The highest BCUT2D eigenvalue weighted by atomic mass is 35.5. The van der Waals surface area contributed by atoms with Crippen LogP contribution in [0.15, 0.2) is 12.1 Å². The monoisotopic (exact) mass is 218 g/mol. The molecule has 0 aliphatic rings. The van der Waals surface area contributed by atoms with Gasteiger partial charge in [0.2, 0.25) is 0 Å². The lowest BCUT2D eigenvalue weighted by molar-refractivity contribution is 0.112. The summed E-state index contributed by atoms with van der Waals surface area (Å²) in [6, 6.07) is 2.63. The van der Waals surface area contributed by atoms with Gasteiger partial charge in [-0.25, -0.2) is 0 Å². The van der Waals surface area contributed by atoms with Crippen molar-refractivity contribution in [1.29, 1.82) is 0 Å². The molecule has 0 fully saturated rings. The van der Waals surface area contributed by atoms with E-state index in [0.717, 1.165) is 0 Å². The topological polar surface area (TPSA) is 57.5 Å². The van der Waals surface area contributed by atoms with E-state index in [0.29, 0.717) is 11.8 Å². The third-order valence-electron chi connectivity index (χ3n) is 1.50. The van der Waals surface area contributed by atoms with E-state index in [-0.39, 0.29) is 15.5 Å². The highest BCUT2D eigenvalue weighted by Crippen LogP contribution is 2.16. The van der Waals surface area contributed by atoms with E-state index < -0.39 is 7.12 Å². The Labute approximate surface area is 85.0 Å². The average Bonchev–Trinajstić information content (AvgIpc) is 2.02. The van der Waals surface area contributed by atoms with Gasteiger partial charge in [-0.05, 0) is 12.1 Å². The van der Waals surface area contributed by atoms with Crippen molar-refractivity contribution in [1.82, 2.24) is 0 Å². The van der Waals surface area contributed by atoms with Gasteiger partial charge in [-0.3, -0.25) is 4.79 Å². The Kier molecular flexibility index (Phi) is 3.33. The van der Waals surface area contributed by atoms with E-state index in [2.05, 4.69) is 0 Å². The maximum atomic E-state index is 10.3. The number of hydrogen-bond donors (Lipinski definition) is 2. The molecule has 6 heteroatoms. The number of carbonyl (C=O) groups is 1. The number of benzene rings is 1. The molecule has 0 saturated heterocycles. The second-order valence-corrected chi connectivity index (χ2v) is 3.20. The molecular weight excluding hydrogens is 214 g/mol. The van der Waals surface area contributed by atoms with Crippen LogP contribution in [0.5, 0.6) is 0 Å². The summed E-state index contributed by atoms with van der Waals surface area (Å²) < 4.78 is 0. The van der Waals surface area contributed by atoms with Crippen LogP contribution in [0.3, 0.4) is 0 Å².